The third kappa shape index (κ3) is 2.66. The predicted molar refractivity (Wildman–Crippen MR) is 50.7 cm³/mol. The molecule has 0 aliphatic rings. The van der Waals surface area contributed by atoms with Gasteiger partial charge in [-0.05, 0) is 31.9 Å². The lowest BCUT2D eigenvalue weighted by Gasteiger charge is -2.04. The number of ether oxygens (including phenoxy) is 1. The second-order valence-electron chi connectivity index (χ2n) is 2.88. The molecule has 1 rings (SSSR count). The minimum absolute atomic E-state index is 0.428. The average molecular weight is 181 g/mol. The summed E-state index contributed by atoms with van der Waals surface area (Å²) in [5, 5.41) is 0. The standard InChI is InChI=1S/C9H15N3O/c1-7-6-11-9(13-2)12-8(7)4-3-5-10/h6H,3-5,10H2,1-2H3. The first-order chi connectivity index (χ1) is 6.27. The maximum Gasteiger partial charge on any atom is 0.316 e. The molecule has 4 heteroatoms. The Kier molecular flexibility index (Phi) is 3.64. The Hall–Kier alpha value is -1.16. The maximum absolute atomic E-state index is 5.42. The molecule has 0 spiro atoms. The van der Waals surface area contributed by atoms with Crippen LogP contribution in [0.25, 0.3) is 0 Å². The molecule has 0 radical (unpaired) electrons. The molecule has 0 atom stereocenters. The lowest BCUT2D eigenvalue weighted by Crippen LogP contribution is -2.04. The van der Waals surface area contributed by atoms with Gasteiger partial charge in [-0.15, -0.1) is 0 Å². The zero-order valence-electron chi connectivity index (χ0n) is 8.08. The van der Waals surface area contributed by atoms with Gasteiger partial charge in [0.15, 0.2) is 0 Å². The molecule has 72 valence electrons. The van der Waals surface area contributed by atoms with Gasteiger partial charge in [0.25, 0.3) is 0 Å². The van der Waals surface area contributed by atoms with Crippen LogP contribution in [0.4, 0.5) is 0 Å². The van der Waals surface area contributed by atoms with Crippen LogP contribution in [0.5, 0.6) is 6.01 Å². The number of nitrogens with two attached hydrogens (primary N) is 1. The summed E-state index contributed by atoms with van der Waals surface area (Å²) >= 11 is 0. The molecule has 1 heterocycles. The normalized spacial score (nSPS) is 10.1. The Morgan fingerprint density at radius 2 is 2.31 bits per heavy atom. The Labute approximate surface area is 78.1 Å². The van der Waals surface area contributed by atoms with Crippen LogP contribution in [0.15, 0.2) is 6.20 Å². The summed E-state index contributed by atoms with van der Waals surface area (Å²) in [6, 6.07) is 0.428. The molecule has 0 aromatic carbocycles. The monoisotopic (exact) mass is 181 g/mol. The number of hydrogen-bond donors (Lipinski definition) is 1. The number of rotatable bonds is 4. The van der Waals surface area contributed by atoms with Gasteiger partial charge in [-0.1, -0.05) is 0 Å². The molecule has 0 saturated heterocycles. The van der Waals surface area contributed by atoms with Crippen LogP contribution in [-0.4, -0.2) is 23.6 Å². The second-order valence-corrected chi connectivity index (χ2v) is 2.88. The maximum atomic E-state index is 5.42. The van der Waals surface area contributed by atoms with Gasteiger partial charge in [0.1, 0.15) is 0 Å². The van der Waals surface area contributed by atoms with Crippen molar-refractivity contribution in [1.82, 2.24) is 9.97 Å². The van der Waals surface area contributed by atoms with Gasteiger partial charge in [-0.25, -0.2) is 9.97 Å². The van der Waals surface area contributed by atoms with Crippen molar-refractivity contribution in [2.24, 2.45) is 5.73 Å². The van der Waals surface area contributed by atoms with Crippen molar-refractivity contribution in [3.8, 4) is 6.01 Å². The van der Waals surface area contributed by atoms with Crippen LogP contribution in [0, 0.1) is 6.92 Å². The predicted octanol–water partition coefficient (Wildman–Crippen LogP) is 0.685. The molecule has 4 nitrogen and oxygen atoms in total. The topological polar surface area (TPSA) is 61.0 Å². The molecule has 0 aliphatic carbocycles. The van der Waals surface area contributed by atoms with Crippen molar-refractivity contribution < 1.29 is 4.74 Å². The van der Waals surface area contributed by atoms with Gasteiger partial charge < -0.3 is 10.5 Å². The lowest BCUT2D eigenvalue weighted by molar-refractivity contribution is 0.377. The highest BCUT2D eigenvalue weighted by atomic mass is 16.5. The molecule has 1 aromatic rings. The summed E-state index contributed by atoms with van der Waals surface area (Å²) in [7, 11) is 1.57. The van der Waals surface area contributed by atoms with Crippen LogP contribution in [0.3, 0.4) is 0 Å². The Bertz CT molecular complexity index is 276. The highest BCUT2D eigenvalue weighted by molar-refractivity contribution is 5.17. The summed E-state index contributed by atoms with van der Waals surface area (Å²) in [6.45, 7) is 2.68. The Balaban J connectivity index is 2.78. The smallest absolute Gasteiger partial charge is 0.316 e. The van der Waals surface area contributed by atoms with E-state index >= 15 is 0 Å². The van der Waals surface area contributed by atoms with E-state index in [0.717, 1.165) is 24.1 Å². The third-order valence-corrected chi connectivity index (χ3v) is 1.85. The quantitative estimate of drug-likeness (QED) is 0.742. The largest absolute Gasteiger partial charge is 0.467 e. The third-order valence-electron chi connectivity index (χ3n) is 1.85. The number of aryl methyl sites for hydroxylation is 2. The average Bonchev–Trinajstić information content (AvgIpc) is 2.17. The van der Waals surface area contributed by atoms with Gasteiger partial charge in [-0.3, -0.25) is 0 Å². The lowest BCUT2D eigenvalue weighted by atomic mass is 10.1. The van der Waals surface area contributed by atoms with E-state index in [4.69, 9.17) is 10.5 Å². The van der Waals surface area contributed by atoms with Crippen LogP contribution in [0.2, 0.25) is 0 Å². The first-order valence-electron chi connectivity index (χ1n) is 4.34. The van der Waals surface area contributed by atoms with E-state index in [1.165, 1.54) is 0 Å². The first kappa shape index (κ1) is 9.92. The SMILES string of the molecule is COc1ncc(C)c(CCCN)n1. The molecule has 0 saturated carbocycles. The minimum atomic E-state index is 0.428. The minimum Gasteiger partial charge on any atom is -0.467 e. The Morgan fingerprint density at radius 3 is 2.92 bits per heavy atom. The van der Waals surface area contributed by atoms with Crippen molar-refractivity contribution in [2.45, 2.75) is 19.8 Å². The van der Waals surface area contributed by atoms with Crippen LogP contribution >= 0.6 is 0 Å². The van der Waals surface area contributed by atoms with E-state index in [1.54, 1.807) is 13.3 Å². The second kappa shape index (κ2) is 4.77. The van der Waals surface area contributed by atoms with Gasteiger partial charge in [0.2, 0.25) is 0 Å². The van der Waals surface area contributed by atoms with Gasteiger partial charge in [0, 0.05) is 6.20 Å². The van der Waals surface area contributed by atoms with E-state index in [1.807, 2.05) is 6.92 Å². The summed E-state index contributed by atoms with van der Waals surface area (Å²) < 4.78 is 4.94. The van der Waals surface area contributed by atoms with Crippen LogP contribution < -0.4 is 10.5 Å². The number of aromatic nitrogens is 2. The van der Waals surface area contributed by atoms with Crippen molar-refractivity contribution in [3.63, 3.8) is 0 Å². The molecule has 0 fully saturated rings. The fraction of sp³-hybridized carbons (Fsp3) is 0.556. The zero-order chi connectivity index (χ0) is 9.68. The summed E-state index contributed by atoms with van der Waals surface area (Å²) in [5.41, 5.74) is 7.54. The van der Waals surface area contributed by atoms with Crippen molar-refractivity contribution >= 4 is 0 Å². The first-order valence-corrected chi connectivity index (χ1v) is 4.34. The number of nitrogens with zero attached hydrogens (tertiary/aromatic N) is 2. The highest BCUT2D eigenvalue weighted by Crippen LogP contribution is 2.09. The summed E-state index contributed by atoms with van der Waals surface area (Å²) in [5.74, 6) is 0. The molecule has 2 N–H and O–H groups in total. The molecule has 1 aromatic heterocycles. The van der Waals surface area contributed by atoms with E-state index in [2.05, 4.69) is 9.97 Å². The van der Waals surface area contributed by atoms with Gasteiger partial charge >= 0.3 is 6.01 Å². The van der Waals surface area contributed by atoms with Crippen molar-refractivity contribution in [3.05, 3.63) is 17.5 Å². The fourth-order valence-corrected chi connectivity index (χ4v) is 1.08. The van der Waals surface area contributed by atoms with E-state index in [0.29, 0.717) is 12.6 Å². The molecule has 0 amide bonds. The van der Waals surface area contributed by atoms with Crippen molar-refractivity contribution in [1.29, 1.82) is 0 Å². The molecular formula is C9H15N3O. The molecule has 0 aliphatic heterocycles. The van der Waals surface area contributed by atoms with Gasteiger partial charge in [-0.2, -0.15) is 0 Å². The molecular weight excluding hydrogens is 166 g/mol. The summed E-state index contributed by atoms with van der Waals surface area (Å²) in [6.07, 6.45) is 3.61. The molecule has 13 heavy (non-hydrogen) atoms. The molecule has 0 bridgehead atoms. The zero-order valence-corrected chi connectivity index (χ0v) is 8.08. The number of methoxy groups -OCH3 is 1. The van der Waals surface area contributed by atoms with E-state index in [9.17, 15) is 0 Å². The van der Waals surface area contributed by atoms with Crippen LogP contribution in [0.1, 0.15) is 17.7 Å². The van der Waals surface area contributed by atoms with E-state index < -0.39 is 0 Å². The highest BCUT2D eigenvalue weighted by Gasteiger charge is 2.02. The fourth-order valence-electron chi connectivity index (χ4n) is 1.08. The number of hydrogen-bond acceptors (Lipinski definition) is 4. The molecule has 0 unspecified atom stereocenters. The van der Waals surface area contributed by atoms with Crippen LogP contribution in [-0.2, 0) is 6.42 Å². The summed E-state index contributed by atoms with van der Waals surface area (Å²) in [4.78, 5) is 8.24. The van der Waals surface area contributed by atoms with Crippen molar-refractivity contribution in [2.75, 3.05) is 13.7 Å². The van der Waals surface area contributed by atoms with E-state index in [-0.39, 0.29) is 0 Å². The Morgan fingerprint density at radius 1 is 1.54 bits per heavy atom. The van der Waals surface area contributed by atoms with Gasteiger partial charge in [0.05, 0.1) is 12.8 Å².